The molecule has 0 aliphatic carbocycles. The third-order valence-corrected chi connectivity index (χ3v) is 11.8. The summed E-state index contributed by atoms with van der Waals surface area (Å²) in [6.45, 7) is 25.5. The summed E-state index contributed by atoms with van der Waals surface area (Å²) < 4.78 is 118. The number of rotatable bonds is 0. The molecule has 0 amide bonds. The summed E-state index contributed by atoms with van der Waals surface area (Å²) in [5.41, 5.74) is 21.2. The Hall–Kier alpha value is -5.22. The van der Waals surface area contributed by atoms with Gasteiger partial charge in [0.05, 0.1) is 33.1 Å². The minimum absolute atomic E-state index is 0. The number of hydrogen-bond donors (Lipinski definition) is 0. The molecule has 9 rings (SSSR count). The Balaban J connectivity index is 0.000000197. The molecule has 3 aromatic carbocycles. The van der Waals surface area contributed by atoms with E-state index in [1.807, 2.05) is 37.2 Å². The molecular formula is C48H48F12N6OsP2-2. The number of aromatic nitrogens is 6. The van der Waals surface area contributed by atoms with Gasteiger partial charge < -0.3 is 0 Å². The SMILES string of the molecule is Cc1cnc2c(ccc3c(C)c(C)cnc32)c1C.Cc1cnc2c(ccc3c(C)c(C)cnc32)c1C.Cc1cnc2c(ccc3c(C)c(C)cnc32)c1C.F[P-](F)(F)(F)(F)F.F[P-](F)(F)(F)(F)F.[Os]. The van der Waals surface area contributed by atoms with Crippen molar-refractivity contribution in [2.45, 2.75) is 83.1 Å². The van der Waals surface area contributed by atoms with Crippen molar-refractivity contribution >= 4 is 81.0 Å². The molecule has 0 radical (unpaired) electrons. The van der Waals surface area contributed by atoms with E-state index in [-0.39, 0.29) is 19.8 Å². The van der Waals surface area contributed by atoms with Gasteiger partial charge in [0.25, 0.3) is 0 Å². The van der Waals surface area contributed by atoms with Crippen LogP contribution in [0.3, 0.4) is 0 Å². The van der Waals surface area contributed by atoms with Gasteiger partial charge in [-0.15, -0.1) is 0 Å². The van der Waals surface area contributed by atoms with Crippen molar-refractivity contribution in [3.8, 4) is 0 Å². The molecule has 0 saturated heterocycles. The third-order valence-electron chi connectivity index (χ3n) is 11.8. The van der Waals surface area contributed by atoms with E-state index in [4.69, 9.17) is 0 Å². The molecule has 6 aromatic heterocycles. The monoisotopic (exact) mass is 1190 g/mol. The number of aryl methyl sites for hydroxylation is 12. The Morgan fingerprint density at radius 3 is 0.449 bits per heavy atom. The number of fused-ring (bicyclic) bond motifs is 9. The first kappa shape index (κ1) is 56.4. The first-order valence-corrected chi connectivity index (χ1v) is 24.7. The molecule has 69 heavy (non-hydrogen) atoms. The number of hydrogen-bond acceptors (Lipinski definition) is 6. The van der Waals surface area contributed by atoms with Crippen molar-refractivity contribution in [2.24, 2.45) is 0 Å². The average molecular weight is 1190 g/mol. The largest absolute Gasteiger partial charge is 0 e. The van der Waals surface area contributed by atoms with Gasteiger partial charge in [-0.1, -0.05) is 36.4 Å². The topological polar surface area (TPSA) is 77.3 Å². The van der Waals surface area contributed by atoms with Gasteiger partial charge in [0, 0.05) is 89.3 Å². The molecule has 0 aliphatic heterocycles. The number of benzene rings is 3. The van der Waals surface area contributed by atoms with Crippen LogP contribution in [-0.4, -0.2) is 29.9 Å². The molecule has 6 nitrogen and oxygen atoms in total. The Morgan fingerprint density at radius 1 is 0.246 bits per heavy atom. The fourth-order valence-electron chi connectivity index (χ4n) is 7.16. The first-order valence-electron chi connectivity index (χ1n) is 20.6. The van der Waals surface area contributed by atoms with Crippen molar-refractivity contribution < 1.29 is 70.2 Å². The predicted octanol–water partition coefficient (Wildman–Crippen LogP) is 18.8. The van der Waals surface area contributed by atoms with E-state index >= 15 is 0 Å². The molecule has 21 heteroatoms. The first-order chi connectivity index (χ1) is 30.7. The molecule has 0 fully saturated rings. The zero-order chi connectivity index (χ0) is 51.4. The van der Waals surface area contributed by atoms with Gasteiger partial charge in [0.1, 0.15) is 0 Å². The van der Waals surface area contributed by atoms with E-state index in [1.165, 1.54) is 99.1 Å². The van der Waals surface area contributed by atoms with Crippen LogP contribution in [-0.2, 0) is 19.8 Å². The van der Waals surface area contributed by atoms with E-state index in [0.717, 1.165) is 33.1 Å². The van der Waals surface area contributed by atoms with E-state index in [9.17, 15) is 50.4 Å². The summed E-state index contributed by atoms with van der Waals surface area (Å²) >= 11 is 0. The summed E-state index contributed by atoms with van der Waals surface area (Å²) in [6.07, 6.45) is 11.6. The van der Waals surface area contributed by atoms with E-state index in [2.05, 4.69) is 149 Å². The van der Waals surface area contributed by atoms with Gasteiger partial charge in [-0.25, -0.2) is 0 Å². The fourth-order valence-corrected chi connectivity index (χ4v) is 7.16. The van der Waals surface area contributed by atoms with E-state index in [1.54, 1.807) is 0 Å². The Bertz CT molecular complexity index is 2910. The molecule has 0 saturated carbocycles. The normalized spacial score (nSPS) is 13.6. The second-order valence-electron chi connectivity index (χ2n) is 16.9. The molecule has 0 bridgehead atoms. The molecule has 0 aliphatic rings. The van der Waals surface area contributed by atoms with Crippen LogP contribution >= 0.6 is 15.6 Å². The van der Waals surface area contributed by atoms with E-state index < -0.39 is 15.6 Å². The summed E-state index contributed by atoms with van der Waals surface area (Å²) in [7, 11) is -21.3. The minimum Gasteiger partial charge on any atom is 0 e. The molecular weight excluding hydrogens is 1140 g/mol. The third kappa shape index (κ3) is 15.1. The average Bonchev–Trinajstić information content (AvgIpc) is 3.21. The van der Waals surface area contributed by atoms with Crippen LogP contribution in [0.4, 0.5) is 50.4 Å². The van der Waals surface area contributed by atoms with Crippen LogP contribution in [0.25, 0.3) is 65.4 Å². The van der Waals surface area contributed by atoms with Gasteiger partial charge in [0.2, 0.25) is 0 Å². The van der Waals surface area contributed by atoms with Crippen LogP contribution in [0.1, 0.15) is 66.8 Å². The zero-order valence-corrected chi connectivity index (χ0v) is 43.7. The minimum atomic E-state index is -10.7. The Labute approximate surface area is 402 Å². The summed E-state index contributed by atoms with van der Waals surface area (Å²) in [5, 5.41) is 7.24. The van der Waals surface area contributed by atoms with E-state index in [0.29, 0.717) is 0 Å². The molecule has 374 valence electrons. The molecule has 0 atom stereocenters. The van der Waals surface area contributed by atoms with Gasteiger partial charge >= 0.3 is 66.0 Å². The smallest absolute Gasteiger partial charge is 0 e. The summed E-state index contributed by atoms with van der Waals surface area (Å²) in [4.78, 5) is 27.5. The molecule has 0 N–H and O–H groups in total. The van der Waals surface area contributed by atoms with Gasteiger partial charge in [-0.05, 0) is 150 Å². The number of pyridine rings is 6. The maximum Gasteiger partial charge on any atom is 0 e. The Kier molecular flexibility index (Phi) is 14.9. The number of nitrogens with zero attached hydrogens (tertiary/aromatic N) is 6. The van der Waals surface area contributed by atoms with Gasteiger partial charge in [-0.2, -0.15) is 0 Å². The van der Waals surface area contributed by atoms with Crippen LogP contribution in [0.2, 0.25) is 0 Å². The second-order valence-corrected chi connectivity index (χ2v) is 20.7. The molecule has 9 aromatic rings. The van der Waals surface area contributed by atoms with Crippen molar-refractivity contribution in [3.63, 3.8) is 0 Å². The van der Waals surface area contributed by atoms with Crippen LogP contribution in [0, 0.1) is 83.1 Å². The quantitative estimate of drug-likeness (QED) is 0.0855. The molecule has 0 spiro atoms. The summed E-state index contributed by atoms with van der Waals surface area (Å²) in [5.74, 6) is 0. The van der Waals surface area contributed by atoms with Crippen LogP contribution in [0.5, 0.6) is 0 Å². The van der Waals surface area contributed by atoms with Crippen molar-refractivity contribution in [1.29, 1.82) is 0 Å². The van der Waals surface area contributed by atoms with Crippen molar-refractivity contribution in [1.82, 2.24) is 29.9 Å². The maximum atomic E-state index is 9.87. The van der Waals surface area contributed by atoms with Crippen molar-refractivity contribution in [2.75, 3.05) is 0 Å². The zero-order valence-electron chi connectivity index (χ0n) is 39.4. The molecule has 0 unspecified atom stereocenters. The predicted molar refractivity (Wildman–Crippen MR) is 255 cm³/mol. The van der Waals surface area contributed by atoms with Gasteiger partial charge in [-0.3, -0.25) is 29.9 Å². The van der Waals surface area contributed by atoms with Crippen LogP contribution < -0.4 is 0 Å². The summed E-state index contributed by atoms with van der Waals surface area (Å²) in [6, 6.07) is 13.0. The van der Waals surface area contributed by atoms with Crippen LogP contribution in [0.15, 0.2) is 73.6 Å². The van der Waals surface area contributed by atoms with Crippen molar-refractivity contribution in [3.05, 3.63) is 140 Å². The Morgan fingerprint density at radius 2 is 0.348 bits per heavy atom. The standard InChI is InChI=1S/3C16H16N2.2F6P.Os/c3*1-9-7-17-15-13(11(9)3)5-6-14-12(4)10(2)8-18-16(14)15;2*1-7(2,3,4,5)6;/h3*5-8H,1-4H3;;;/q;;;2*-1;. The number of halogens is 12. The fraction of sp³-hybridized carbons (Fsp3) is 0.250. The molecule has 6 heterocycles. The maximum absolute atomic E-state index is 10.7. The van der Waals surface area contributed by atoms with Gasteiger partial charge in [0.15, 0.2) is 0 Å². The second kappa shape index (κ2) is 18.2.